The lowest BCUT2D eigenvalue weighted by atomic mass is 10.4. The number of imidazole rings is 1. The molecule has 0 bridgehead atoms. The summed E-state index contributed by atoms with van der Waals surface area (Å²) in [5.41, 5.74) is 1.09. The van der Waals surface area contributed by atoms with Crippen molar-refractivity contribution in [3.63, 3.8) is 0 Å². The van der Waals surface area contributed by atoms with Crippen LogP contribution in [0, 0.1) is 6.92 Å². The number of anilines is 1. The summed E-state index contributed by atoms with van der Waals surface area (Å²) in [6.07, 6.45) is 4.40. The zero-order chi connectivity index (χ0) is 12.0. The van der Waals surface area contributed by atoms with Gasteiger partial charge in [0.15, 0.2) is 0 Å². The van der Waals surface area contributed by atoms with Crippen molar-refractivity contribution in [2.75, 3.05) is 32.5 Å². The van der Waals surface area contributed by atoms with Crippen LogP contribution in [0.25, 0.3) is 0 Å². The van der Waals surface area contributed by atoms with E-state index in [1.165, 1.54) is 0 Å². The number of nitrogens with one attached hydrogen (secondary N) is 1. The maximum Gasteiger partial charge on any atom is 0.203 e. The topological polar surface area (TPSA) is 33.1 Å². The SMILES string of the molecule is CCCNc1nc(C)cn1CCCN(C)C. The van der Waals surface area contributed by atoms with Crippen molar-refractivity contribution < 1.29 is 0 Å². The minimum absolute atomic E-state index is 0.990. The van der Waals surface area contributed by atoms with Gasteiger partial charge in [0.2, 0.25) is 5.95 Å². The Bertz CT molecular complexity index is 304. The molecule has 0 aliphatic heterocycles. The smallest absolute Gasteiger partial charge is 0.203 e. The molecule has 0 radical (unpaired) electrons. The van der Waals surface area contributed by atoms with Crippen LogP contribution in [-0.2, 0) is 6.54 Å². The Morgan fingerprint density at radius 3 is 2.81 bits per heavy atom. The highest BCUT2D eigenvalue weighted by Crippen LogP contribution is 2.09. The van der Waals surface area contributed by atoms with Gasteiger partial charge in [0, 0.05) is 19.3 Å². The highest BCUT2D eigenvalue weighted by molar-refractivity contribution is 5.28. The molecule has 1 N–H and O–H groups in total. The number of nitrogens with zero attached hydrogens (tertiary/aromatic N) is 3. The average molecular weight is 224 g/mol. The van der Waals surface area contributed by atoms with Crippen LogP contribution in [-0.4, -0.2) is 41.6 Å². The molecule has 92 valence electrons. The van der Waals surface area contributed by atoms with Crippen LogP contribution < -0.4 is 5.32 Å². The van der Waals surface area contributed by atoms with Crippen molar-refractivity contribution >= 4 is 5.95 Å². The predicted molar refractivity (Wildman–Crippen MR) is 68.9 cm³/mol. The largest absolute Gasteiger partial charge is 0.356 e. The fraction of sp³-hybridized carbons (Fsp3) is 0.750. The molecule has 1 aromatic heterocycles. The number of aromatic nitrogens is 2. The minimum atomic E-state index is 0.990. The molecule has 1 heterocycles. The number of rotatable bonds is 7. The third-order valence-corrected chi connectivity index (χ3v) is 2.43. The first-order valence-corrected chi connectivity index (χ1v) is 6.06. The molecule has 16 heavy (non-hydrogen) atoms. The number of hydrogen-bond donors (Lipinski definition) is 1. The van der Waals surface area contributed by atoms with Gasteiger partial charge in [-0.1, -0.05) is 6.92 Å². The van der Waals surface area contributed by atoms with Crippen molar-refractivity contribution in [2.45, 2.75) is 33.2 Å². The first-order valence-electron chi connectivity index (χ1n) is 6.06. The molecule has 0 amide bonds. The zero-order valence-corrected chi connectivity index (χ0v) is 11.0. The summed E-state index contributed by atoms with van der Waals surface area (Å²) < 4.78 is 2.22. The van der Waals surface area contributed by atoms with E-state index < -0.39 is 0 Å². The molecule has 0 saturated heterocycles. The van der Waals surface area contributed by atoms with Crippen LogP contribution in [0.2, 0.25) is 0 Å². The van der Waals surface area contributed by atoms with Gasteiger partial charge in [-0.3, -0.25) is 0 Å². The van der Waals surface area contributed by atoms with E-state index in [2.05, 4.69) is 47.0 Å². The first kappa shape index (κ1) is 13.0. The van der Waals surface area contributed by atoms with Crippen molar-refractivity contribution in [3.8, 4) is 0 Å². The molecule has 0 aliphatic carbocycles. The van der Waals surface area contributed by atoms with Gasteiger partial charge in [0.05, 0.1) is 5.69 Å². The van der Waals surface area contributed by atoms with Crippen LogP contribution in [0.4, 0.5) is 5.95 Å². The lowest BCUT2D eigenvalue weighted by Gasteiger charge is -2.11. The second kappa shape index (κ2) is 6.53. The molecule has 0 spiro atoms. The molecule has 0 aromatic carbocycles. The number of hydrogen-bond acceptors (Lipinski definition) is 3. The van der Waals surface area contributed by atoms with Gasteiger partial charge in [-0.2, -0.15) is 0 Å². The second-order valence-electron chi connectivity index (χ2n) is 4.48. The molecule has 0 atom stereocenters. The van der Waals surface area contributed by atoms with Crippen LogP contribution in [0.5, 0.6) is 0 Å². The molecule has 0 fully saturated rings. The zero-order valence-electron chi connectivity index (χ0n) is 11.0. The molecular weight excluding hydrogens is 200 g/mol. The fourth-order valence-corrected chi connectivity index (χ4v) is 1.65. The summed E-state index contributed by atoms with van der Waals surface area (Å²) in [7, 11) is 4.21. The van der Waals surface area contributed by atoms with Crippen molar-refractivity contribution in [1.29, 1.82) is 0 Å². The van der Waals surface area contributed by atoms with Crippen molar-refractivity contribution in [3.05, 3.63) is 11.9 Å². The van der Waals surface area contributed by atoms with Gasteiger partial charge < -0.3 is 14.8 Å². The molecular formula is C12H24N4. The van der Waals surface area contributed by atoms with E-state index in [1.54, 1.807) is 0 Å². The summed E-state index contributed by atoms with van der Waals surface area (Å²) >= 11 is 0. The third kappa shape index (κ3) is 4.23. The van der Waals surface area contributed by atoms with E-state index in [-0.39, 0.29) is 0 Å². The van der Waals surface area contributed by atoms with E-state index in [9.17, 15) is 0 Å². The molecule has 1 rings (SSSR count). The Kier molecular flexibility index (Phi) is 5.32. The van der Waals surface area contributed by atoms with Gasteiger partial charge in [-0.25, -0.2) is 4.98 Å². The molecule has 0 unspecified atom stereocenters. The summed E-state index contributed by atoms with van der Waals surface area (Å²) in [6.45, 7) is 7.35. The predicted octanol–water partition coefficient (Wildman–Crippen LogP) is 1.97. The third-order valence-electron chi connectivity index (χ3n) is 2.43. The molecule has 0 aliphatic rings. The fourth-order valence-electron chi connectivity index (χ4n) is 1.65. The summed E-state index contributed by atoms with van der Waals surface area (Å²) in [5, 5.41) is 3.36. The highest BCUT2D eigenvalue weighted by atomic mass is 15.2. The van der Waals surface area contributed by atoms with Crippen LogP contribution in [0.3, 0.4) is 0 Å². The monoisotopic (exact) mass is 224 g/mol. The molecule has 1 aromatic rings. The minimum Gasteiger partial charge on any atom is -0.356 e. The Morgan fingerprint density at radius 2 is 2.19 bits per heavy atom. The van der Waals surface area contributed by atoms with Crippen LogP contribution >= 0.6 is 0 Å². The normalized spacial score (nSPS) is 11.1. The first-order chi connectivity index (χ1) is 7.63. The van der Waals surface area contributed by atoms with Gasteiger partial charge in [-0.05, 0) is 40.4 Å². The molecule has 0 saturated carbocycles. The summed E-state index contributed by atoms with van der Waals surface area (Å²) in [4.78, 5) is 6.70. The number of aryl methyl sites for hydroxylation is 2. The van der Waals surface area contributed by atoms with Crippen LogP contribution in [0.15, 0.2) is 6.20 Å². The summed E-state index contributed by atoms with van der Waals surface area (Å²) in [5.74, 6) is 1.01. The lowest BCUT2D eigenvalue weighted by molar-refractivity contribution is 0.387. The Morgan fingerprint density at radius 1 is 1.44 bits per heavy atom. The Labute approximate surface area is 98.7 Å². The standard InChI is InChI=1S/C12H24N4/c1-5-7-13-12-14-11(2)10-16(12)9-6-8-15(3)4/h10H,5-9H2,1-4H3,(H,13,14). The van der Waals surface area contributed by atoms with Gasteiger partial charge >= 0.3 is 0 Å². The van der Waals surface area contributed by atoms with Gasteiger partial charge in [0.1, 0.15) is 0 Å². The van der Waals surface area contributed by atoms with E-state index in [0.29, 0.717) is 0 Å². The van der Waals surface area contributed by atoms with Gasteiger partial charge in [0.25, 0.3) is 0 Å². The highest BCUT2D eigenvalue weighted by Gasteiger charge is 2.04. The summed E-state index contributed by atoms with van der Waals surface area (Å²) in [6, 6.07) is 0. The average Bonchev–Trinajstić information content (AvgIpc) is 2.55. The lowest BCUT2D eigenvalue weighted by Crippen LogP contribution is -2.16. The maximum atomic E-state index is 4.48. The van der Waals surface area contributed by atoms with Crippen molar-refractivity contribution in [2.24, 2.45) is 0 Å². The van der Waals surface area contributed by atoms with E-state index >= 15 is 0 Å². The maximum absolute atomic E-state index is 4.48. The van der Waals surface area contributed by atoms with E-state index in [1.807, 2.05) is 6.92 Å². The van der Waals surface area contributed by atoms with Gasteiger partial charge in [-0.15, -0.1) is 0 Å². The van der Waals surface area contributed by atoms with Crippen molar-refractivity contribution in [1.82, 2.24) is 14.5 Å². The molecule has 4 heteroatoms. The quantitative estimate of drug-likeness (QED) is 0.768. The van der Waals surface area contributed by atoms with E-state index in [0.717, 1.165) is 44.1 Å². The van der Waals surface area contributed by atoms with E-state index in [4.69, 9.17) is 0 Å². The Hall–Kier alpha value is -1.03. The Balaban J connectivity index is 2.49. The second-order valence-corrected chi connectivity index (χ2v) is 4.48. The molecule has 4 nitrogen and oxygen atoms in total. The van der Waals surface area contributed by atoms with Crippen LogP contribution in [0.1, 0.15) is 25.5 Å².